The molecule has 1 fully saturated rings. The van der Waals surface area contributed by atoms with Gasteiger partial charge in [-0.1, -0.05) is 25.4 Å². The lowest BCUT2D eigenvalue weighted by Crippen LogP contribution is -2.41. The molecule has 1 amide bonds. The maximum Gasteiger partial charge on any atom is 0.228 e. The third-order valence-electron chi connectivity index (χ3n) is 4.27. The summed E-state index contributed by atoms with van der Waals surface area (Å²) in [5, 5.41) is 7.10. The minimum Gasteiger partial charge on any atom is -0.380 e. The van der Waals surface area contributed by atoms with Crippen LogP contribution in [0.2, 0.25) is 5.02 Å². The number of hydrogen-bond acceptors (Lipinski definition) is 3. The van der Waals surface area contributed by atoms with Crippen molar-refractivity contribution < 1.29 is 4.79 Å². The van der Waals surface area contributed by atoms with E-state index in [2.05, 4.69) is 24.5 Å². The lowest BCUT2D eigenvalue weighted by Gasteiger charge is -2.39. The van der Waals surface area contributed by atoms with Gasteiger partial charge >= 0.3 is 0 Å². The van der Waals surface area contributed by atoms with E-state index in [9.17, 15) is 4.79 Å². The Hall–Kier alpha value is -0.870. The standard InChI is InChI=1S/C15H19ClN2OS/c1-15(2)3-4-20-8-13(15)17-12-5-9-6-14(19)18-11(9)7-10(12)16/h5,7,13,17H,3-4,6,8H2,1-2H3,(H,18,19). The average molecular weight is 311 g/mol. The van der Waals surface area contributed by atoms with Gasteiger partial charge in [0.05, 0.1) is 17.1 Å². The second kappa shape index (κ2) is 5.15. The van der Waals surface area contributed by atoms with Crippen molar-refractivity contribution >= 4 is 40.6 Å². The number of carbonyl (C=O) groups is 1. The molecule has 1 aromatic rings. The van der Waals surface area contributed by atoms with E-state index in [0.29, 0.717) is 17.5 Å². The van der Waals surface area contributed by atoms with Crippen LogP contribution in [-0.4, -0.2) is 23.5 Å². The Balaban J connectivity index is 1.84. The van der Waals surface area contributed by atoms with Gasteiger partial charge in [-0.05, 0) is 35.3 Å². The Kier molecular flexibility index (Phi) is 3.63. The minimum atomic E-state index is 0.0433. The van der Waals surface area contributed by atoms with Crippen LogP contribution in [0, 0.1) is 5.41 Å². The highest BCUT2D eigenvalue weighted by Gasteiger charge is 2.33. The number of hydrogen-bond donors (Lipinski definition) is 2. The van der Waals surface area contributed by atoms with Crippen LogP contribution in [-0.2, 0) is 11.2 Å². The van der Waals surface area contributed by atoms with Gasteiger partial charge in [-0.25, -0.2) is 0 Å². The average Bonchev–Trinajstić information content (AvgIpc) is 2.71. The molecule has 0 spiro atoms. The van der Waals surface area contributed by atoms with Gasteiger partial charge < -0.3 is 10.6 Å². The molecule has 3 rings (SSSR count). The van der Waals surface area contributed by atoms with Crippen molar-refractivity contribution in [2.45, 2.75) is 32.7 Å². The van der Waals surface area contributed by atoms with Crippen LogP contribution in [0.5, 0.6) is 0 Å². The number of rotatable bonds is 2. The van der Waals surface area contributed by atoms with Crippen LogP contribution >= 0.6 is 23.4 Å². The first kappa shape index (κ1) is 14.1. The Morgan fingerprint density at radius 3 is 3.00 bits per heavy atom. The van der Waals surface area contributed by atoms with E-state index >= 15 is 0 Å². The van der Waals surface area contributed by atoms with E-state index in [1.165, 1.54) is 12.2 Å². The number of halogens is 1. The molecule has 3 nitrogen and oxygen atoms in total. The number of benzene rings is 1. The van der Waals surface area contributed by atoms with Crippen LogP contribution in [0.25, 0.3) is 0 Å². The molecule has 0 saturated carbocycles. The number of amides is 1. The predicted molar refractivity (Wildman–Crippen MR) is 86.9 cm³/mol. The third kappa shape index (κ3) is 2.63. The molecule has 1 unspecified atom stereocenters. The fraction of sp³-hybridized carbons (Fsp3) is 0.533. The van der Waals surface area contributed by atoms with Gasteiger partial charge in [-0.15, -0.1) is 0 Å². The van der Waals surface area contributed by atoms with Crippen molar-refractivity contribution in [3.63, 3.8) is 0 Å². The molecule has 2 aliphatic heterocycles. The highest BCUT2D eigenvalue weighted by Crippen LogP contribution is 2.39. The molecule has 20 heavy (non-hydrogen) atoms. The van der Waals surface area contributed by atoms with Crippen molar-refractivity contribution in [2.24, 2.45) is 5.41 Å². The van der Waals surface area contributed by atoms with Crippen LogP contribution in [0.15, 0.2) is 12.1 Å². The van der Waals surface area contributed by atoms with Crippen molar-refractivity contribution in [3.05, 3.63) is 22.7 Å². The minimum absolute atomic E-state index is 0.0433. The molecule has 1 saturated heterocycles. The summed E-state index contributed by atoms with van der Waals surface area (Å²) >= 11 is 8.33. The predicted octanol–water partition coefficient (Wildman–Crippen LogP) is 3.78. The van der Waals surface area contributed by atoms with Gasteiger partial charge in [0.25, 0.3) is 0 Å². The fourth-order valence-corrected chi connectivity index (χ4v) is 4.55. The maximum atomic E-state index is 11.4. The summed E-state index contributed by atoms with van der Waals surface area (Å²) in [7, 11) is 0. The summed E-state index contributed by atoms with van der Waals surface area (Å²) in [6, 6.07) is 4.28. The third-order valence-corrected chi connectivity index (χ3v) is 5.64. The largest absolute Gasteiger partial charge is 0.380 e. The normalized spacial score (nSPS) is 24.1. The second-order valence-electron chi connectivity index (χ2n) is 6.22. The molecule has 0 aliphatic carbocycles. The Bertz CT molecular complexity index is 559. The van der Waals surface area contributed by atoms with Gasteiger partial charge in [0.15, 0.2) is 0 Å². The topological polar surface area (TPSA) is 41.1 Å². The number of fused-ring (bicyclic) bond motifs is 1. The molecule has 1 aromatic carbocycles. The molecule has 5 heteroatoms. The van der Waals surface area contributed by atoms with E-state index in [1.54, 1.807) is 0 Å². The van der Waals surface area contributed by atoms with Crippen LogP contribution < -0.4 is 10.6 Å². The summed E-state index contributed by atoms with van der Waals surface area (Å²) in [6.07, 6.45) is 1.65. The molecule has 2 aliphatic rings. The Morgan fingerprint density at radius 2 is 2.25 bits per heavy atom. The number of anilines is 2. The summed E-state index contributed by atoms with van der Waals surface area (Å²) in [6.45, 7) is 4.60. The first-order valence-corrected chi connectivity index (χ1v) is 8.45. The van der Waals surface area contributed by atoms with Crippen LogP contribution in [0.4, 0.5) is 11.4 Å². The lowest BCUT2D eigenvalue weighted by atomic mass is 9.82. The summed E-state index contributed by atoms with van der Waals surface area (Å²) in [5.41, 5.74) is 3.09. The zero-order chi connectivity index (χ0) is 14.3. The summed E-state index contributed by atoms with van der Waals surface area (Å²) in [5.74, 6) is 2.36. The molecule has 1 atom stereocenters. The van der Waals surface area contributed by atoms with Gasteiger partial charge in [0.1, 0.15) is 0 Å². The number of nitrogens with one attached hydrogen (secondary N) is 2. The van der Waals surface area contributed by atoms with Crippen molar-refractivity contribution in [3.8, 4) is 0 Å². The zero-order valence-corrected chi connectivity index (χ0v) is 13.3. The molecule has 0 radical (unpaired) electrons. The molecule has 2 N–H and O–H groups in total. The van der Waals surface area contributed by atoms with Crippen LogP contribution in [0.1, 0.15) is 25.8 Å². The van der Waals surface area contributed by atoms with E-state index in [0.717, 1.165) is 22.7 Å². The molecule has 0 aromatic heterocycles. The first-order chi connectivity index (χ1) is 9.45. The number of thioether (sulfide) groups is 1. The quantitative estimate of drug-likeness (QED) is 0.873. The molecular weight excluding hydrogens is 292 g/mol. The SMILES string of the molecule is CC1(C)CCSCC1Nc1cc2c(cc1Cl)NC(=O)C2. The van der Waals surface area contributed by atoms with Gasteiger partial charge in [-0.2, -0.15) is 11.8 Å². The smallest absolute Gasteiger partial charge is 0.228 e. The van der Waals surface area contributed by atoms with Gasteiger partial charge in [-0.3, -0.25) is 4.79 Å². The monoisotopic (exact) mass is 310 g/mol. The Morgan fingerprint density at radius 1 is 1.45 bits per heavy atom. The summed E-state index contributed by atoms with van der Waals surface area (Å²) < 4.78 is 0. The highest BCUT2D eigenvalue weighted by atomic mass is 35.5. The van der Waals surface area contributed by atoms with Crippen LogP contribution in [0.3, 0.4) is 0 Å². The van der Waals surface area contributed by atoms with E-state index in [1.807, 2.05) is 23.9 Å². The maximum absolute atomic E-state index is 11.4. The van der Waals surface area contributed by atoms with Crippen molar-refractivity contribution in [1.29, 1.82) is 0 Å². The second-order valence-corrected chi connectivity index (χ2v) is 7.78. The fourth-order valence-electron chi connectivity index (χ4n) is 2.72. The van der Waals surface area contributed by atoms with E-state index in [-0.39, 0.29) is 11.3 Å². The lowest BCUT2D eigenvalue weighted by molar-refractivity contribution is -0.115. The van der Waals surface area contributed by atoms with Crippen molar-refractivity contribution in [1.82, 2.24) is 0 Å². The van der Waals surface area contributed by atoms with E-state index in [4.69, 9.17) is 11.6 Å². The van der Waals surface area contributed by atoms with Crippen molar-refractivity contribution in [2.75, 3.05) is 22.1 Å². The Labute approximate surface area is 128 Å². The highest BCUT2D eigenvalue weighted by molar-refractivity contribution is 7.99. The number of carbonyl (C=O) groups excluding carboxylic acids is 1. The van der Waals surface area contributed by atoms with Gasteiger partial charge in [0, 0.05) is 17.5 Å². The first-order valence-electron chi connectivity index (χ1n) is 6.92. The summed E-state index contributed by atoms with van der Waals surface area (Å²) in [4.78, 5) is 11.4. The molecule has 2 heterocycles. The van der Waals surface area contributed by atoms with Gasteiger partial charge in [0.2, 0.25) is 5.91 Å². The zero-order valence-electron chi connectivity index (χ0n) is 11.8. The molecular formula is C15H19ClN2OS. The molecule has 0 bridgehead atoms. The van der Waals surface area contributed by atoms with E-state index < -0.39 is 0 Å². The molecule has 108 valence electrons.